The number of hydrogen-bond donors (Lipinski definition) is 2. The van der Waals surface area contributed by atoms with Crippen LogP contribution in [0.15, 0.2) is 42.7 Å². The van der Waals surface area contributed by atoms with Crippen LogP contribution in [0.5, 0.6) is 0 Å². The van der Waals surface area contributed by atoms with Crippen LogP contribution in [0.1, 0.15) is 23.9 Å². The number of nitrogens with one attached hydrogen (secondary N) is 1. The predicted molar refractivity (Wildman–Crippen MR) is 76.0 cm³/mol. The average molecular weight is 273 g/mol. The van der Waals surface area contributed by atoms with Crippen LogP contribution in [0.25, 0.3) is 0 Å². The second-order valence-corrected chi connectivity index (χ2v) is 4.65. The van der Waals surface area contributed by atoms with Crippen LogP contribution < -0.4 is 5.32 Å². The molecule has 0 saturated heterocycles. The highest BCUT2D eigenvalue weighted by Crippen LogP contribution is 2.17. The lowest BCUT2D eigenvalue weighted by Crippen LogP contribution is -2.31. The maximum atomic E-state index is 11.4. The van der Waals surface area contributed by atoms with E-state index in [4.69, 9.17) is 5.11 Å². The van der Waals surface area contributed by atoms with Crippen molar-refractivity contribution >= 4 is 5.91 Å². The van der Waals surface area contributed by atoms with Crippen molar-refractivity contribution in [1.82, 2.24) is 14.9 Å². The van der Waals surface area contributed by atoms with E-state index < -0.39 is 6.61 Å². The lowest BCUT2D eigenvalue weighted by atomic mass is 10.0. The van der Waals surface area contributed by atoms with Gasteiger partial charge in [0, 0.05) is 18.9 Å². The Kier molecular flexibility index (Phi) is 4.90. The Labute approximate surface area is 118 Å². The summed E-state index contributed by atoms with van der Waals surface area (Å²) < 4.78 is 2.04. The Morgan fingerprint density at radius 2 is 2.15 bits per heavy atom. The lowest BCUT2D eigenvalue weighted by Gasteiger charge is -2.19. The van der Waals surface area contributed by atoms with Gasteiger partial charge in [0.2, 0.25) is 5.91 Å². The second kappa shape index (κ2) is 6.86. The van der Waals surface area contributed by atoms with Crippen LogP contribution in [0.3, 0.4) is 0 Å². The van der Waals surface area contributed by atoms with Gasteiger partial charge in [-0.2, -0.15) is 0 Å². The molecule has 1 aromatic heterocycles. The highest BCUT2D eigenvalue weighted by atomic mass is 16.3. The Morgan fingerprint density at radius 1 is 1.40 bits per heavy atom. The number of rotatable bonds is 6. The van der Waals surface area contributed by atoms with Gasteiger partial charge in [-0.25, -0.2) is 4.98 Å². The summed E-state index contributed by atoms with van der Waals surface area (Å²) in [5, 5.41) is 11.7. The fourth-order valence-corrected chi connectivity index (χ4v) is 2.16. The van der Waals surface area contributed by atoms with Crippen LogP contribution in [0.4, 0.5) is 0 Å². The normalized spacial score (nSPS) is 12.1. The summed E-state index contributed by atoms with van der Waals surface area (Å²) >= 11 is 0. The number of aliphatic hydroxyl groups is 1. The van der Waals surface area contributed by atoms with Crippen molar-refractivity contribution in [3.05, 3.63) is 54.1 Å². The molecular weight excluding hydrogens is 254 g/mol. The summed E-state index contributed by atoms with van der Waals surface area (Å²) in [5.74, 6) is 0.589. The smallest absolute Gasteiger partial charge is 0.246 e. The number of hydrogen-bond acceptors (Lipinski definition) is 3. The molecule has 0 aliphatic heterocycles. The van der Waals surface area contributed by atoms with Crippen molar-refractivity contribution in [2.45, 2.75) is 25.9 Å². The summed E-state index contributed by atoms with van der Waals surface area (Å²) in [4.78, 5) is 15.6. The molecule has 2 aromatic rings. The number of aromatic nitrogens is 2. The maximum Gasteiger partial charge on any atom is 0.246 e. The minimum Gasteiger partial charge on any atom is -0.387 e. The van der Waals surface area contributed by atoms with E-state index in [9.17, 15) is 4.79 Å². The van der Waals surface area contributed by atoms with Crippen molar-refractivity contribution < 1.29 is 9.90 Å². The van der Waals surface area contributed by atoms with Gasteiger partial charge in [-0.05, 0) is 18.9 Å². The molecule has 1 heterocycles. The Morgan fingerprint density at radius 3 is 2.75 bits per heavy atom. The summed E-state index contributed by atoms with van der Waals surface area (Å²) in [6.45, 7) is 2.22. The zero-order valence-electron chi connectivity index (χ0n) is 11.5. The molecule has 2 N–H and O–H groups in total. The summed E-state index contributed by atoms with van der Waals surface area (Å²) in [7, 11) is 0. The van der Waals surface area contributed by atoms with Crippen molar-refractivity contribution in [2.24, 2.45) is 0 Å². The summed E-state index contributed by atoms with van der Waals surface area (Å²) in [6.07, 6.45) is 4.43. The molecule has 20 heavy (non-hydrogen) atoms. The van der Waals surface area contributed by atoms with Gasteiger partial charge in [-0.15, -0.1) is 0 Å². The fraction of sp³-hybridized carbons (Fsp3) is 0.333. The SMILES string of the molecule is Cc1nccn1CCC(NC(=O)CO)c1ccccc1. The number of benzene rings is 1. The largest absolute Gasteiger partial charge is 0.387 e. The third-order valence-corrected chi connectivity index (χ3v) is 3.26. The molecule has 1 atom stereocenters. The van der Waals surface area contributed by atoms with Crippen LogP contribution in [0, 0.1) is 6.92 Å². The third kappa shape index (κ3) is 3.68. The number of imidazole rings is 1. The first-order valence-corrected chi connectivity index (χ1v) is 6.63. The van der Waals surface area contributed by atoms with E-state index in [-0.39, 0.29) is 11.9 Å². The van der Waals surface area contributed by atoms with E-state index in [1.54, 1.807) is 6.20 Å². The molecule has 5 heteroatoms. The molecule has 1 amide bonds. The minimum atomic E-state index is -0.493. The molecule has 0 fully saturated rings. The van der Waals surface area contributed by atoms with Crippen LogP contribution in [0.2, 0.25) is 0 Å². The highest BCUT2D eigenvalue weighted by molar-refractivity contribution is 5.77. The summed E-state index contributed by atoms with van der Waals surface area (Å²) in [6, 6.07) is 9.66. The van der Waals surface area contributed by atoms with Gasteiger partial charge in [0.15, 0.2) is 0 Å². The van der Waals surface area contributed by atoms with Gasteiger partial charge in [-0.1, -0.05) is 30.3 Å². The minimum absolute atomic E-state index is 0.113. The number of amides is 1. The molecule has 2 rings (SSSR count). The van der Waals surface area contributed by atoms with Gasteiger partial charge in [0.25, 0.3) is 0 Å². The molecule has 1 unspecified atom stereocenters. The molecule has 0 spiro atoms. The topological polar surface area (TPSA) is 67.2 Å². The first-order valence-electron chi connectivity index (χ1n) is 6.63. The number of nitrogens with zero attached hydrogens (tertiary/aromatic N) is 2. The second-order valence-electron chi connectivity index (χ2n) is 4.65. The third-order valence-electron chi connectivity index (χ3n) is 3.26. The molecule has 1 aromatic carbocycles. The van der Waals surface area contributed by atoms with E-state index in [2.05, 4.69) is 10.3 Å². The number of carbonyl (C=O) groups is 1. The summed E-state index contributed by atoms with van der Waals surface area (Å²) in [5.41, 5.74) is 1.03. The van der Waals surface area contributed by atoms with E-state index in [0.717, 1.165) is 24.4 Å². The fourth-order valence-electron chi connectivity index (χ4n) is 2.16. The van der Waals surface area contributed by atoms with E-state index in [0.29, 0.717) is 0 Å². The molecule has 0 aliphatic carbocycles. The molecule has 0 radical (unpaired) electrons. The Hall–Kier alpha value is -2.14. The molecule has 5 nitrogen and oxygen atoms in total. The monoisotopic (exact) mass is 273 g/mol. The van der Waals surface area contributed by atoms with Crippen molar-refractivity contribution in [3.8, 4) is 0 Å². The van der Waals surface area contributed by atoms with Crippen molar-refractivity contribution in [1.29, 1.82) is 0 Å². The first-order chi connectivity index (χ1) is 9.70. The number of aliphatic hydroxyl groups excluding tert-OH is 1. The van der Waals surface area contributed by atoms with Crippen LogP contribution in [-0.2, 0) is 11.3 Å². The maximum absolute atomic E-state index is 11.4. The average Bonchev–Trinajstić information content (AvgIpc) is 2.89. The molecule has 0 saturated carbocycles. The lowest BCUT2D eigenvalue weighted by molar-refractivity contribution is -0.124. The van der Waals surface area contributed by atoms with E-state index in [1.165, 1.54) is 0 Å². The van der Waals surface area contributed by atoms with E-state index in [1.807, 2.05) is 48.0 Å². The van der Waals surface area contributed by atoms with Gasteiger partial charge in [0.05, 0.1) is 6.04 Å². The molecular formula is C15H19N3O2. The quantitative estimate of drug-likeness (QED) is 0.836. The molecule has 0 aliphatic rings. The van der Waals surface area contributed by atoms with Crippen LogP contribution >= 0.6 is 0 Å². The zero-order chi connectivity index (χ0) is 14.4. The Bertz CT molecular complexity index is 551. The van der Waals surface area contributed by atoms with Crippen molar-refractivity contribution in [2.75, 3.05) is 6.61 Å². The predicted octanol–water partition coefficient (Wildman–Crippen LogP) is 1.43. The zero-order valence-corrected chi connectivity index (χ0v) is 11.5. The van der Waals surface area contributed by atoms with Crippen LogP contribution in [-0.4, -0.2) is 27.2 Å². The molecule has 0 bridgehead atoms. The standard InChI is InChI=1S/C15H19N3O2/c1-12-16-8-10-18(12)9-7-14(17-15(20)11-19)13-5-3-2-4-6-13/h2-6,8,10,14,19H,7,9,11H2,1H3,(H,17,20). The van der Waals surface area contributed by atoms with Crippen molar-refractivity contribution in [3.63, 3.8) is 0 Å². The van der Waals surface area contributed by atoms with Gasteiger partial charge in [0.1, 0.15) is 12.4 Å². The van der Waals surface area contributed by atoms with Gasteiger partial charge >= 0.3 is 0 Å². The number of carbonyl (C=O) groups excluding carboxylic acids is 1. The van der Waals surface area contributed by atoms with E-state index >= 15 is 0 Å². The number of aryl methyl sites for hydroxylation is 2. The van der Waals surface area contributed by atoms with Gasteiger partial charge in [-0.3, -0.25) is 4.79 Å². The van der Waals surface area contributed by atoms with Gasteiger partial charge < -0.3 is 15.0 Å². The Balaban J connectivity index is 2.07. The highest BCUT2D eigenvalue weighted by Gasteiger charge is 2.14. The first kappa shape index (κ1) is 14.3. The molecule has 106 valence electrons.